The molecule has 7 heteroatoms. The number of pyridine rings is 1. The average molecular weight is 349 g/mol. The Hall–Kier alpha value is -2.08. The van der Waals surface area contributed by atoms with Crippen molar-refractivity contribution in [1.82, 2.24) is 25.4 Å². The number of aromatic nitrogens is 3. The number of halogens is 1. The Morgan fingerprint density at radius 1 is 1.21 bits per heavy atom. The molecule has 0 aliphatic heterocycles. The molecule has 0 spiro atoms. The minimum atomic E-state index is 0.523. The van der Waals surface area contributed by atoms with Gasteiger partial charge in [-0.1, -0.05) is 17.7 Å². The van der Waals surface area contributed by atoms with Crippen LogP contribution >= 0.6 is 11.6 Å². The van der Waals surface area contributed by atoms with Gasteiger partial charge in [0.1, 0.15) is 5.15 Å². The summed E-state index contributed by atoms with van der Waals surface area (Å²) in [7, 11) is 1.94. The van der Waals surface area contributed by atoms with Crippen LogP contribution in [0.2, 0.25) is 5.15 Å². The number of nitrogens with zero attached hydrogens (tertiary/aromatic N) is 4. The van der Waals surface area contributed by atoms with E-state index in [4.69, 9.17) is 11.6 Å². The Bertz CT molecular complexity index is 635. The normalized spacial score (nSPS) is 11.5. The summed E-state index contributed by atoms with van der Waals surface area (Å²) < 4.78 is 1.83. The molecule has 0 aromatic carbocycles. The molecule has 0 bridgehead atoms. The highest BCUT2D eigenvalue weighted by atomic mass is 35.5. The van der Waals surface area contributed by atoms with Gasteiger partial charge in [-0.05, 0) is 43.4 Å². The summed E-state index contributed by atoms with van der Waals surface area (Å²) in [5.74, 6) is 0.852. The van der Waals surface area contributed by atoms with Gasteiger partial charge in [-0.15, -0.1) is 0 Å². The molecule has 2 aromatic rings. The van der Waals surface area contributed by atoms with Crippen molar-refractivity contribution in [2.45, 2.75) is 26.2 Å². The van der Waals surface area contributed by atoms with E-state index < -0.39 is 0 Å². The Kier molecular flexibility index (Phi) is 7.55. The van der Waals surface area contributed by atoms with Crippen LogP contribution in [0.15, 0.2) is 35.7 Å². The molecule has 2 rings (SSSR count). The maximum atomic E-state index is 5.79. The van der Waals surface area contributed by atoms with E-state index in [1.807, 2.05) is 42.5 Å². The van der Waals surface area contributed by atoms with Gasteiger partial charge in [-0.3, -0.25) is 9.67 Å². The molecule has 0 amide bonds. The van der Waals surface area contributed by atoms with E-state index in [2.05, 4.69) is 32.6 Å². The van der Waals surface area contributed by atoms with Crippen LogP contribution in [0.1, 0.15) is 24.5 Å². The highest BCUT2D eigenvalue weighted by Crippen LogP contribution is 2.05. The number of guanidine groups is 1. The lowest BCUT2D eigenvalue weighted by Gasteiger charge is -2.11. The monoisotopic (exact) mass is 348 g/mol. The van der Waals surface area contributed by atoms with Gasteiger partial charge < -0.3 is 10.6 Å². The average Bonchev–Trinajstić information content (AvgIpc) is 2.99. The first kappa shape index (κ1) is 18.3. The molecule has 0 radical (unpaired) electrons. The molecule has 24 heavy (non-hydrogen) atoms. The van der Waals surface area contributed by atoms with Crippen LogP contribution in [0.5, 0.6) is 0 Å². The molecule has 0 saturated heterocycles. The second kappa shape index (κ2) is 9.93. The van der Waals surface area contributed by atoms with Crippen molar-refractivity contribution < 1.29 is 0 Å². The van der Waals surface area contributed by atoms with Crippen LogP contribution in [-0.2, 0) is 19.9 Å². The number of rotatable bonds is 8. The highest BCUT2D eigenvalue weighted by Gasteiger charge is 2.00. The topological polar surface area (TPSA) is 67.1 Å². The molecule has 0 fully saturated rings. The molecular formula is C17H25ClN6. The van der Waals surface area contributed by atoms with Crippen LogP contribution in [0.3, 0.4) is 0 Å². The summed E-state index contributed by atoms with van der Waals surface area (Å²) in [6.07, 6.45) is 8.64. The lowest BCUT2D eigenvalue weighted by Crippen LogP contribution is -2.38. The fraction of sp³-hybridized carbons (Fsp3) is 0.471. The molecule has 0 unspecified atom stereocenters. The highest BCUT2D eigenvalue weighted by molar-refractivity contribution is 6.29. The Morgan fingerprint density at radius 2 is 2.08 bits per heavy atom. The van der Waals surface area contributed by atoms with Crippen LogP contribution in [0, 0.1) is 0 Å². The maximum absolute atomic E-state index is 5.79. The Balaban J connectivity index is 1.72. The fourth-order valence-corrected chi connectivity index (χ4v) is 2.41. The third-order valence-electron chi connectivity index (χ3n) is 3.49. The molecule has 2 N–H and O–H groups in total. The zero-order chi connectivity index (χ0) is 17.2. The summed E-state index contributed by atoms with van der Waals surface area (Å²) in [5.41, 5.74) is 2.40. The third kappa shape index (κ3) is 6.58. The van der Waals surface area contributed by atoms with E-state index in [1.54, 1.807) is 0 Å². The lowest BCUT2D eigenvalue weighted by atomic mass is 10.2. The first-order valence-corrected chi connectivity index (χ1v) is 8.65. The van der Waals surface area contributed by atoms with Gasteiger partial charge in [0.15, 0.2) is 5.96 Å². The summed E-state index contributed by atoms with van der Waals surface area (Å²) in [6, 6.07) is 3.81. The summed E-state index contributed by atoms with van der Waals surface area (Å²) in [6.45, 7) is 4.50. The summed E-state index contributed by atoms with van der Waals surface area (Å²) in [5, 5.41) is 11.3. The zero-order valence-corrected chi connectivity index (χ0v) is 15.1. The van der Waals surface area contributed by atoms with Crippen molar-refractivity contribution in [1.29, 1.82) is 0 Å². The second-order valence-electron chi connectivity index (χ2n) is 5.55. The first-order chi connectivity index (χ1) is 11.7. The van der Waals surface area contributed by atoms with E-state index >= 15 is 0 Å². The minimum Gasteiger partial charge on any atom is -0.357 e. The zero-order valence-electron chi connectivity index (χ0n) is 14.3. The molecule has 0 atom stereocenters. The van der Waals surface area contributed by atoms with Gasteiger partial charge in [0.05, 0.1) is 6.20 Å². The third-order valence-corrected chi connectivity index (χ3v) is 3.71. The van der Waals surface area contributed by atoms with Gasteiger partial charge in [0.2, 0.25) is 0 Å². The number of nitrogens with one attached hydrogen (secondary N) is 2. The van der Waals surface area contributed by atoms with Gasteiger partial charge in [-0.2, -0.15) is 5.10 Å². The standard InChI is InChI=1S/C17H25ClN6/c1-3-19-17(20-9-4-5-15-12-23-24(2)13-15)21-10-8-14-6-7-16(18)22-11-14/h6-7,11-13H,3-5,8-10H2,1-2H3,(H2,19,20,21). The molecule has 0 aliphatic rings. The molecular weight excluding hydrogens is 324 g/mol. The van der Waals surface area contributed by atoms with Crippen molar-refractivity contribution in [3.05, 3.63) is 47.0 Å². The minimum absolute atomic E-state index is 0.523. The van der Waals surface area contributed by atoms with Crippen LogP contribution in [0.4, 0.5) is 0 Å². The van der Waals surface area contributed by atoms with Crippen molar-refractivity contribution in [3.63, 3.8) is 0 Å². The van der Waals surface area contributed by atoms with E-state index in [0.717, 1.165) is 50.4 Å². The number of aliphatic imine (C=N–C) groups is 1. The molecule has 130 valence electrons. The summed E-state index contributed by atoms with van der Waals surface area (Å²) >= 11 is 5.79. The van der Waals surface area contributed by atoms with E-state index in [-0.39, 0.29) is 0 Å². The second-order valence-corrected chi connectivity index (χ2v) is 5.94. The predicted molar refractivity (Wildman–Crippen MR) is 98.5 cm³/mol. The van der Waals surface area contributed by atoms with Crippen molar-refractivity contribution in [3.8, 4) is 0 Å². The van der Waals surface area contributed by atoms with Crippen LogP contribution in [0.25, 0.3) is 0 Å². The van der Waals surface area contributed by atoms with Crippen LogP contribution < -0.4 is 10.6 Å². The van der Waals surface area contributed by atoms with Crippen LogP contribution in [-0.4, -0.2) is 40.4 Å². The molecule has 2 heterocycles. The Labute approximate surface area is 148 Å². The SMILES string of the molecule is CCNC(=NCCCc1cnn(C)c1)NCCc1ccc(Cl)nc1. The first-order valence-electron chi connectivity index (χ1n) is 8.27. The van der Waals surface area contributed by atoms with Crippen molar-refractivity contribution in [2.75, 3.05) is 19.6 Å². The smallest absolute Gasteiger partial charge is 0.191 e. The van der Waals surface area contributed by atoms with E-state index in [9.17, 15) is 0 Å². The quantitative estimate of drug-likeness (QED) is 0.332. The molecule has 6 nitrogen and oxygen atoms in total. The summed E-state index contributed by atoms with van der Waals surface area (Å²) in [4.78, 5) is 8.70. The molecule has 0 aliphatic carbocycles. The number of aryl methyl sites for hydroxylation is 2. The van der Waals surface area contributed by atoms with E-state index in [1.165, 1.54) is 5.56 Å². The number of hydrogen-bond donors (Lipinski definition) is 2. The Morgan fingerprint density at radius 3 is 2.75 bits per heavy atom. The molecule has 2 aromatic heterocycles. The van der Waals surface area contributed by atoms with Gasteiger partial charge in [0.25, 0.3) is 0 Å². The maximum Gasteiger partial charge on any atom is 0.191 e. The van der Waals surface area contributed by atoms with Crippen molar-refractivity contribution in [2.24, 2.45) is 12.0 Å². The fourth-order valence-electron chi connectivity index (χ4n) is 2.30. The lowest BCUT2D eigenvalue weighted by molar-refractivity contribution is 0.762. The van der Waals surface area contributed by atoms with Crippen molar-refractivity contribution >= 4 is 17.6 Å². The largest absolute Gasteiger partial charge is 0.357 e. The van der Waals surface area contributed by atoms with Gasteiger partial charge >= 0.3 is 0 Å². The van der Waals surface area contributed by atoms with Gasteiger partial charge in [0, 0.05) is 39.1 Å². The molecule has 0 saturated carbocycles. The van der Waals surface area contributed by atoms with Gasteiger partial charge in [-0.25, -0.2) is 4.98 Å². The van der Waals surface area contributed by atoms with E-state index in [0.29, 0.717) is 5.15 Å². The predicted octanol–water partition coefficient (Wildman–Crippen LogP) is 2.20. The number of hydrogen-bond acceptors (Lipinski definition) is 3.